The van der Waals surface area contributed by atoms with Crippen molar-refractivity contribution < 1.29 is 0 Å². The van der Waals surface area contributed by atoms with Crippen LogP contribution in [0.1, 0.15) is 0 Å². The van der Waals surface area contributed by atoms with E-state index in [0.29, 0.717) is 0 Å². The minimum Gasteiger partial charge on any atom is -0.354 e. The molecule has 7 rings (SSSR count). The van der Waals surface area contributed by atoms with Gasteiger partial charge in [-0.25, -0.2) is 0 Å². The van der Waals surface area contributed by atoms with Gasteiger partial charge in [0, 0.05) is 32.9 Å². The number of H-pyrrole nitrogens is 2. The molecule has 2 heteroatoms. The van der Waals surface area contributed by atoms with Gasteiger partial charge in [0.2, 0.25) is 0 Å². The fourth-order valence-electron chi connectivity index (χ4n) is 5.34. The molecule has 0 bridgehead atoms. The maximum absolute atomic E-state index is 3.78. The van der Waals surface area contributed by atoms with Crippen LogP contribution in [0, 0.1) is 0 Å². The van der Waals surface area contributed by atoms with E-state index in [-0.39, 0.29) is 0 Å². The third-order valence-electron chi connectivity index (χ3n) is 6.97. The number of aromatic nitrogens is 2. The Morgan fingerprint density at radius 3 is 0.972 bits per heavy atom. The average molecular weight is 461 g/mol. The van der Waals surface area contributed by atoms with Crippen LogP contribution in [0.25, 0.3) is 66.6 Å². The van der Waals surface area contributed by atoms with Crippen molar-refractivity contribution in [3.05, 3.63) is 133 Å². The maximum Gasteiger partial charge on any atom is 0.0544 e. The van der Waals surface area contributed by atoms with Gasteiger partial charge in [0.15, 0.2) is 0 Å². The largest absolute Gasteiger partial charge is 0.354 e. The third-order valence-corrected chi connectivity index (χ3v) is 6.97. The fourth-order valence-corrected chi connectivity index (χ4v) is 5.34. The molecule has 2 nitrogen and oxygen atoms in total. The van der Waals surface area contributed by atoms with Gasteiger partial charge >= 0.3 is 0 Å². The predicted molar refractivity (Wildman–Crippen MR) is 152 cm³/mol. The summed E-state index contributed by atoms with van der Waals surface area (Å²) in [6, 6.07) is 47.2. The summed E-state index contributed by atoms with van der Waals surface area (Å²) in [5, 5.41) is 2.43. The Labute approximate surface area is 209 Å². The fraction of sp³-hybridized carbons (Fsp3) is 0. The molecular formula is C34H24N2. The number of aromatic amines is 2. The molecule has 0 saturated heterocycles. The summed E-state index contributed by atoms with van der Waals surface area (Å²) < 4.78 is 0. The molecule has 2 aromatic heterocycles. The lowest BCUT2D eigenvalue weighted by Gasteiger charge is -2.06. The van der Waals surface area contributed by atoms with Crippen molar-refractivity contribution in [2.45, 2.75) is 0 Å². The van der Waals surface area contributed by atoms with E-state index < -0.39 is 0 Å². The van der Waals surface area contributed by atoms with Crippen LogP contribution in [0.5, 0.6) is 0 Å². The van der Waals surface area contributed by atoms with Gasteiger partial charge in [-0.1, -0.05) is 121 Å². The van der Waals surface area contributed by atoms with Gasteiger partial charge < -0.3 is 9.97 Å². The number of hydrogen-bond acceptors (Lipinski definition) is 0. The summed E-state index contributed by atoms with van der Waals surface area (Å²) >= 11 is 0. The van der Waals surface area contributed by atoms with Crippen LogP contribution in [0.15, 0.2) is 133 Å². The van der Waals surface area contributed by atoms with Crippen molar-refractivity contribution in [2.24, 2.45) is 0 Å². The van der Waals surface area contributed by atoms with Crippen LogP contribution in [-0.2, 0) is 0 Å². The lowest BCUT2D eigenvalue weighted by Crippen LogP contribution is -1.82. The Balaban J connectivity index is 1.57. The summed E-state index contributed by atoms with van der Waals surface area (Å²) in [6.45, 7) is 0. The standard InChI is InChI=1S/C34H24N2/c1-5-13-23(14-6-1)31-27-21-30-28(22-29(27)35-33(31)25-17-9-3-10-18-25)32(24-15-7-2-8-16-24)34(36-30)26-19-11-4-12-20-26/h1-22,35-36H. The molecule has 0 saturated carbocycles. The Morgan fingerprint density at radius 1 is 0.333 bits per heavy atom. The zero-order valence-corrected chi connectivity index (χ0v) is 19.7. The van der Waals surface area contributed by atoms with E-state index in [1.165, 1.54) is 44.2 Å². The van der Waals surface area contributed by atoms with E-state index >= 15 is 0 Å². The van der Waals surface area contributed by atoms with E-state index in [1.54, 1.807) is 0 Å². The quantitative estimate of drug-likeness (QED) is 0.262. The first kappa shape index (κ1) is 20.5. The molecule has 0 aliphatic carbocycles. The summed E-state index contributed by atoms with van der Waals surface area (Å²) in [5.41, 5.74) is 11.8. The highest BCUT2D eigenvalue weighted by molar-refractivity contribution is 6.13. The van der Waals surface area contributed by atoms with E-state index in [2.05, 4.69) is 143 Å². The summed E-state index contributed by atoms with van der Waals surface area (Å²) in [7, 11) is 0. The van der Waals surface area contributed by atoms with Gasteiger partial charge in [-0.3, -0.25) is 0 Å². The maximum atomic E-state index is 3.78. The molecule has 2 heterocycles. The molecule has 0 radical (unpaired) electrons. The molecule has 0 amide bonds. The second kappa shape index (κ2) is 8.44. The smallest absolute Gasteiger partial charge is 0.0544 e. The summed E-state index contributed by atoms with van der Waals surface area (Å²) in [6.07, 6.45) is 0. The van der Waals surface area contributed by atoms with Gasteiger partial charge in [-0.2, -0.15) is 0 Å². The van der Waals surface area contributed by atoms with E-state index in [0.717, 1.165) is 22.4 Å². The minimum atomic E-state index is 1.14. The monoisotopic (exact) mass is 460 g/mol. The second-order valence-corrected chi connectivity index (χ2v) is 9.16. The molecule has 2 N–H and O–H groups in total. The van der Waals surface area contributed by atoms with Gasteiger partial charge in [0.25, 0.3) is 0 Å². The van der Waals surface area contributed by atoms with Crippen molar-refractivity contribution in [2.75, 3.05) is 0 Å². The summed E-state index contributed by atoms with van der Waals surface area (Å²) in [5.74, 6) is 0. The molecule has 0 aliphatic rings. The third kappa shape index (κ3) is 3.35. The van der Waals surface area contributed by atoms with Crippen molar-refractivity contribution in [3.8, 4) is 44.8 Å². The van der Waals surface area contributed by atoms with Crippen LogP contribution >= 0.6 is 0 Å². The zero-order chi connectivity index (χ0) is 23.9. The second-order valence-electron chi connectivity index (χ2n) is 9.16. The summed E-state index contributed by atoms with van der Waals surface area (Å²) in [4.78, 5) is 7.57. The number of rotatable bonds is 4. The number of hydrogen-bond donors (Lipinski definition) is 2. The zero-order valence-electron chi connectivity index (χ0n) is 19.7. The van der Waals surface area contributed by atoms with E-state index in [1.807, 2.05) is 0 Å². The molecule has 0 fully saturated rings. The van der Waals surface area contributed by atoms with Crippen molar-refractivity contribution in [3.63, 3.8) is 0 Å². The predicted octanol–water partition coefficient (Wildman–Crippen LogP) is 9.32. The molecule has 0 aliphatic heterocycles. The number of nitrogens with one attached hydrogen (secondary N) is 2. The molecule has 7 aromatic rings. The highest BCUT2D eigenvalue weighted by atomic mass is 14.8. The molecule has 0 atom stereocenters. The van der Waals surface area contributed by atoms with Crippen molar-refractivity contribution in [1.82, 2.24) is 9.97 Å². The minimum absolute atomic E-state index is 1.14. The first-order chi connectivity index (χ1) is 17.9. The Bertz CT molecular complexity index is 1660. The van der Waals surface area contributed by atoms with Gasteiger partial charge in [-0.05, 0) is 34.4 Å². The topological polar surface area (TPSA) is 31.6 Å². The van der Waals surface area contributed by atoms with E-state index in [4.69, 9.17) is 0 Å². The van der Waals surface area contributed by atoms with Crippen LogP contribution in [0.2, 0.25) is 0 Å². The Hall–Kier alpha value is -4.82. The van der Waals surface area contributed by atoms with Crippen LogP contribution in [0.4, 0.5) is 0 Å². The molecule has 5 aromatic carbocycles. The van der Waals surface area contributed by atoms with Gasteiger partial charge in [0.05, 0.1) is 11.4 Å². The lowest BCUT2D eigenvalue weighted by atomic mass is 9.96. The highest BCUT2D eigenvalue weighted by Crippen LogP contribution is 2.44. The first-order valence-corrected chi connectivity index (χ1v) is 12.3. The molecular weight excluding hydrogens is 436 g/mol. The van der Waals surface area contributed by atoms with Crippen LogP contribution < -0.4 is 0 Å². The van der Waals surface area contributed by atoms with Gasteiger partial charge in [0.1, 0.15) is 0 Å². The Morgan fingerprint density at radius 2 is 0.639 bits per heavy atom. The molecule has 36 heavy (non-hydrogen) atoms. The molecule has 0 spiro atoms. The lowest BCUT2D eigenvalue weighted by molar-refractivity contribution is 1.45. The van der Waals surface area contributed by atoms with Crippen LogP contribution in [-0.4, -0.2) is 9.97 Å². The molecule has 0 unspecified atom stereocenters. The van der Waals surface area contributed by atoms with Crippen molar-refractivity contribution in [1.29, 1.82) is 0 Å². The average Bonchev–Trinajstić information content (AvgIpc) is 3.52. The van der Waals surface area contributed by atoms with Crippen LogP contribution in [0.3, 0.4) is 0 Å². The number of benzene rings is 5. The first-order valence-electron chi connectivity index (χ1n) is 12.3. The number of fused-ring (bicyclic) bond motifs is 2. The Kier molecular flexibility index (Phi) is 4.82. The SMILES string of the molecule is c1ccc(-c2[nH]c3cc4c(-c5ccccc5)c(-c5ccccc5)[nH]c4cc3c2-c2ccccc2)cc1. The van der Waals surface area contributed by atoms with Crippen molar-refractivity contribution >= 4 is 21.8 Å². The highest BCUT2D eigenvalue weighted by Gasteiger charge is 2.20. The normalized spacial score (nSPS) is 11.3. The molecule has 170 valence electrons. The van der Waals surface area contributed by atoms with E-state index in [9.17, 15) is 0 Å². The van der Waals surface area contributed by atoms with Gasteiger partial charge in [-0.15, -0.1) is 0 Å².